The molecule has 2 N–H and O–H groups in total. The van der Waals surface area contributed by atoms with Gasteiger partial charge >= 0.3 is 0 Å². The molecule has 0 saturated carbocycles. The SMILES string of the molecule is COCC1(C(=O)Nc2ccc(-n3cncn3)nc2)CCNCC1.Cl.Cl. The highest BCUT2D eigenvalue weighted by Gasteiger charge is 2.39. The monoisotopic (exact) mass is 388 g/mol. The average Bonchev–Trinajstić information content (AvgIpc) is 3.11. The van der Waals surface area contributed by atoms with Crippen LogP contribution in [-0.2, 0) is 9.53 Å². The standard InChI is InChI=1S/C15H20N6O2.2ClH/c1-23-9-15(4-6-16-7-5-15)14(22)20-12-2-3-13(18-8-12)21-11-17-10-19-21;;/h2-3,8,10-11,16H,4-7,9H2,1H3,(H,20,22);2*1H. The number of hydrogen-bond acceptors (Lipinski definition) is 6. The molecule has 1 saturated heterocycles. The van der Waals surface area contributed by atoms with E-state index >= 15 is 0 Å². The second-order valence-electron chi connectivity index (χ2n) is 5.66. The highest BCUT2D eigenvalue weighted by Crippen LogP contribution is 2.30. The summed E-state index contributed by atoms with van der Waals surface area (Å²) in [5.41, 5.74) is 0.178. The number of pyridine rings is 1. The molecule has 1 fully saturated rings. The minimum Gasteiger partial charge on any atom is -0.384 e. The average molecular weight is 389 g/mol. The molecule has 10 heteroatoms. The number of anilines is 1. The molecule has 25 heavy (non-hydrogen) atoms. The Kier molecular flexibility index (Phi) is 8.24. The molecule has 1 aliphatic rings. The van der Waals surface area contributed by atoms with Crippen LogP contribution in [0.25, 0.3) is 5.82 Å². The molecule has 0 bridgehead atoms. The summed E-state index contributed by atoms with van der Waals surface area (Å²) >= 11 is 0. The molecule has 0 unspecified atom stereocenters. The van der Waals surface area contributed by atoms with Crippen LogP contribution in [0.1, 0.15) is 12.8 Å². The van der Waals surface area contributed by atoms with Crippen molar-refractivity contribution >= 4 is 36.4 Å². The summed E-state index contributed by atoms with van der Waals surface area (Å²) < 4.78 is 6.85. The smallest absolute Gasteiger partial charge is 0.233 e. The number of amides is 1. The van der Waals surface area contributed by atoms with Crippen LogP contribution >= 0.6 is 24.8 Å². The quantitative estimate of drug-likeness (QED) is 0.804. The number of piperidine rings is 1. The van der Waals surface area contributed by atoms with Gasteiger partial charge in [0.2, 0.25) is 5.91 Å². The van der Waals surface area contributed by atoms with Crippen LogP contribution in [-0.4, -0.2) is 52.5 Å². The van der Waals surface area contributed by atoms with Crippen LogP contribution in [0.2, 0.25) is 0 Å². The van der Waals surface area contributed by atoms with E-state index in [1.807, 2.05) is 6.07 Å². The predicted molar refractivity (Wildman–Crippen MR) is 98.7 cm³/mol. The first-order chi connectivity index (χ1) is 11.2. The fourth-order valence-corrected chi connectivity index (χ4v) is 2.80. The largest absolute Gasteiger partial charge is 0.384 e. The van der Waals surface area contributed by atoms with Crippen LogP contribution in [0, 0.1) is 5.41 Å². The van der Waals surface area contributed by atoms with Gasteiger partial charge in [-0.3, -0.25) is 4.79 Å². The van der Waals surface area contributed by atoms with Crippen LogP contribution in [0.15, 0.2) is 31.0 Å². The Morgan fingerprint density at radius 3 is 2.68 bits per heavy atom. The summed E-state index contributed by atoms with van der Waals surface area (Å²) in [5.74, 6) is 0.630. The van der Waals surface area contributed by atoms with Crippen molar-refractivity contribution in [3.8, 4) is 5.82 Å². The van der Waals surface area contributed by atoms with Crippen molar-refractivity contribution in [3.05, 3.63) is 31.0 Å². The van der Waals surface area contributed by atoms with E-state index in [1.165, 1.54) is 6.33 Å². The van der Waals surface area contributed by atoms with Gasteiger partial charge in [-0.15, -0.1) is 24.8 Å². The first kappa shape index (κ1) is 21.3. The van der Waals surface area contributed by atoms with Crippen LogP contribution in [0.5, 0.6) is 0 Å². The van der Waals surface area contributed by atoms with E-state index in [2.05, 4.69) is 25.7 Å². The van der Waals surface area contributed by atoms with Crippen LogP contribution in [0.4, 0.5) is 5.69 Å². The maximum absolute atomic E-state index is 12.7. The number of halogens is 2. The molecule has 0 radical (unpaired) electrons. The molecule has 3 rings (SSSR count). The van der Waals surface area contributed by atoms with E-state index in [0.717, 1.165) is 25.9 Å². The predicted octanol–water partition coefficient (Wildman–Crippen LogP) is 1.46. The second kappa shape index (κ2) is 9.67. The molecular formula is C15H22Cl2N6O2. The Hall–Kier alpha value is -1.74. The lowest BCUT2D eigenvalue weighted by Gasteiger charge is -2.35. The maximum Gasteiger partial charge on any atom is 0.233 e. The third kappa shape index (κ3) is 4.88. The summed E-state index contributed by atoms with van der Waals surface area (Å²) in [6.45, 7) is 2.06. The van der Waals surface area contributed by atoms with Crippen molar-refractivity contribution in [3.63, 3.8) is 0 Å². The van der Waals surface area contributed by atoms with E-state index in [9.17, 15) is 4.79 Å². The molecule has 2 aromatic rings. The number of rotatable bonds is 5. The molecule has 0 spiro atoms. The second-order valence-corrected chi connectivity index (χ2v) is 5.66. The van der Waals surface area contributed by atoms with E-state index < -0.39 is 5.41 Å². The van der Waals surface area contributed by atoms with E-state index in [-0.39, 0.29) is 30.7 Å². The third-order valence-electron chi connectivity index (χ3n) is 4.12. The molecule has 0 aromatic carbocycles. The first-order valence-corrected chi connectivity index (χ1v) is 7.56. The number of carbonyl (C=O) groups excluding carboxylic acids is 1. The van der Waals surface area contributed by atoms with Crippen LogP contribution < -0.4 is 10.6 Å². The number of aromatic nitrogens is 4. The fraction of sp³-hybridized carbons (Fsp3) is 0.467. The Morgan fingerprint density at radius 1 is 1.36 bits per heavy atom. The van der Waals surface area contributed by atoms with E-state index in [1.54, 1.807) is 30.4 Å². The first-order valence-electron chi connectivity index (χ1n) is 7.56. The lowest BCUT2D eigenvalue weighted by atomic mass is 9.78. The van der Waals surface area contributed by atoms with Gasteiger partial charge in [-0.25, -0.2) is 14.6 Å². The molecule has 138 valence electrons. The third-order valence-corrected chi connectivity index (χ3v) is 4.12. The minimum atomic E-state index is -0.482. The van der Waals surface area contributed by atoms with Gasteiger partial charge in [0, 0.05) is 7.11 Å². The van der Waals surface area contributed by atoms with Crippen molar-refractivity contribution in [2.45, 2.75) is 12.8 Å². The van der Waals surface area contributed by atoms with Gasteiger partial charge in [-0.1, -0.05) is 0 Å². The van der Waals surface area contributed by atoms with Crippen molar-refractivity contribution in [1.82, 2.24) is 25.1 Å². The van der Waals surface area contributed by atoms with Gasteiger partial charge in [0.1, 0.15) is 12.7 Å². The molecular weight excluding hydrogens is 367 g/mol. The minimum absolute atomic E-state index is 0. The summed E-state index contributed by atoms with van der Waals surface area (Å²) in [6, 6.07) is 3.60. The van der Waals surface area contributed by atoms with Crippen molar-refractivity contribution < 1.29 is 9.53 Å². The number of carbonyl (C=O) groups is 1. The van der Waals surface area contributed by atoms with Crippen molar-refractivity contribution in [2.75, 3.05) is 32.1 Å². The number of methoxy groups -OCH3 is 1. The zero-order valence-electron chi connectivity index (χ0n) is 13.8. The maximum atomic E-state index is 12.7. The van der Waals surface area contributed by atoms with Gasteiger partial charge in [-0.05, 0) is 38.1 Å². The molecule has 1 amide bonds. The summed E-state index contributed by atoms with van der Waals surface area (Å²) in [7, 11) is 1.63. The highest BCUT2D eigenvalue weighted by atomic mass is 35.5. The Bertz CT molecular complexity index is 639. The van der Waals surface area contributed by atoms with Crippen molar-refractivity contribution in [2.24, 2.45) is 5.41 Å². The zero-order valence-corrected chi connectivity index (χ0v) is 15.5. The van der Waals surface area contributed by atoms with E-state index in [0.29, 0.717) is 18.1 Å². The molecule has 3 heterocycles. The Morgan fingerprint density at radius 2 is 2.12 bits per heavy atom. The van der Waals surface area contributed by atoms with Crippen molar-refractivity contribution in [1.29, 1.82) is 0 Å². The van der Waals surface area contributed by atoms with Crippen LogP contribution in [0.3, 0.4) is 0 Å². The Balaban J connectivity index is 0.00000156. The highest BCUT2D eigenvalue weighted by molar-refractivity contribution is 5.95. The van der Waals surface area contributed by atoms with Gasteiger partial charge in [0.25, 0.3) is 0 Å². The summed E-state index contributed by atoms with van der Waals surface area (Å²) in [4.78, 5) is 20.9. The number of nitrogens with zero attached hydrogens (tertiary/aromatic N) is 4. The molecule has 0 atom stereocenters. The summed E-state index contributed by atoms with van der Waals surface area (Å²) in [6.07, 6.45) is 6.16. The topological polar surface area (TPSA) is 94.0 Å². The molecule has 8 nitrogen and oxygen atoms in total. The number of nitrogens with one attached hydrogen (secondary N) is 2. The van der Waals surface area contributed by atoms with E-state index in [4.69, 9.17) is 4.74 Å². The fourth-order valence-electron chi connectivity index (χ4n) is 2.80. The van der Waals surface area contributed by atoms with Gasteiger partial charge < -0.3 is 15.4 Å². The number of hydrogen-bond donors (Lipinski definition) is 2. The molecule has 0 aliphatic carbocycles. The van der Waals surface area contributed by atoms with Gasteiger partial charge in [-0.2, -0.15) is 5.10 Å². The number of ether oxygens (including phenoxy) is 1. The zero-order chi connectivity index (χ0) is 16.1. The molecule has 2 aromatic heterocycles. The Labute approximate surface area is 158 Å². The molecule has 1 aliphatic heterocycles. The normalized spacial score (nSPS) is 15.6. The lowest BCUT2D eigenvalue weighted by molar-refractivity contribution is -0.130. The van der Waals surface area contributed by atoms with Gasteiger partial charge in [0.15, 0.2) is 5.82 Å². The lowest BCUT2D eigenvalue weighted by Crippen LogP contribution is -2.47. The summed E-state index contributed by atoms with van der Waals surface area (Å²) in [5, 5.41) is 10.2. The van der Waals surface area contributed by atoms with Gasteiger partial charge in [0.05, 0.1) is 23.9 Å².